The van der Waals surface area contributed by atoms with Crippen LogP contribution in [-0.2, 0) is 20.0 Å². The van der Waals surface area contributed by atoms with E-state index in [4.69, 9.17) is 0 Å². The molecule has 4 rings (SSSR count). The Morgan fingerprint density at radius 3 is 2.96 bits per heavy atom. The molecule has 1 aromatic carbocycles. The Bertz CT molecular complexity index is 924. The van der Waals surface area contributed by atoms with Gasteiger partial charge in [-0.05, 0) is 13.0 Å². The minimum Gasteiger partial charge on any atom is -0.348 e. The number of rotatable bonds is 2. The molecule has 0 radical (unpaired) electrons. The zero-order chi connectivity index (χ0) is 16.1. The number of nitrogens with one attached hydrogen (secondary N) is 1. The summed E-state index contributed by atoms with van der Waals surface area (Å²) in [7, 11) is 1.82. The number of fused-ring (bicyclic) bond motifs is 3. The first-order chi connectivity index (χ1) is 11.1. The van der Waals surface area contributed by atoms with E-state index in [-0.39, 0.29) is 11.7 Å². The molecule has 6 heteroatoms. The number of benzene rings is 1. The minimum atomic E-state index is -0.290. The maximum Gasteiger partial charge on any atom is 0.256 e. The fourth-order valence-electron chi connectivity index (χ4n) is 3.43. The number of carbonyl (C=O) groups excluding carboxylic acids is 1. The van der Waals surface area contributed by atoms with Crippen molar-refractivity contribution in [3.8, 4) is 0 Å². The van der Waals surface area contributed by atoms with Crippen LogP contribution in [0.2, 0.25) is 0 Å². The first-order valence-corrected chi connectivity index (χ1v) is 7.62. The lowest BCUT2D eigenvalue weighted by molar-refractivity contribution is 0.0725. The smallest absolute Gasteiger partial charge is 0.256 e. The summed E-state index contributed by atoms with van der Waals surface area (Å²) in [6, 6.07) is 4.91. The fraction of sp³-hybridized carbons (Fsp3) is 0.294. The van der Waals surface area contributed by atoms with Gasteiger partial charge in [-0.2, -0.15) is 0 Å². The van der Waals surface area contributed by atoms with Crippen LogP contribution in [0.15, 0.2) is 24.5 Å². The van der Waals surface area contributed by atoms with Crippen LogP contribution in [0.1, 0.15) is 27.4 Å². The van der Waals surface area contributed by atoms with Crippen LogP contribution in [0.3, 0.4) is 0 Å². The summed E-state index contributed by atoms with van der Waals surface area (Å²) in [5, 5.41) is 0.691. The molecule has 1 N–H and O–H groups in total. The first kappa shape index (κ1) is 14.0. The lowest BCUT2D eigenvalue weighted by atomic mass is 10.0. The summed E-state index contributed by atoms with van der Waals surface area (Å²) < 4.78 is 16.0. The average molecular weight is 312 g/mol. The lowest BCUT2D eigenvalue weighted by Gasteiger charge is -2.27. The van der Waals surface area contributed by atoms with Crippen molar-refractivity contribution in [3.63, 3.8) is 0 Å². The van der Waals surface area contributed by atoms with Crippen LogP contribution in [0.5, 0.6) is 0 Å². The predicted octanol–water partition coefficient (Wildman–Crippen LogP) is 2.55. The number of hydrogen-bond donors (Lipinski definition) is 1. The average Bonchev–Trinajstić information content (AvgIpc) is 3.06. The molecule has 0 bridgehead atoms. The van der Waals surface area contributed by atoms with Gasteiger partial charge in [0.2, 0.25) is 0 Å². The Hall–Kier alpha value is -2.63. The van der Waals surface area contributed by atoms with E-state index in [1.54, 1.807) is 17.3 Å². The molecule has 1 aliphatic heterocycles. The number of nitrogens with zero attached hydrogens (tertiary/aromatic N) is 3. The third-order valence-electron chi connectivity index (χ3n) is 4.68. The van der Waals surface area contributed by atoms with Crippen LogP contribution in [0.4, 0.5) is 4.39 Å². The topological polar surface area (TPSA) is 53.9 Å². The third-order valence-corrected chi connectivity index (χ3v) is 4.68. The molecule has 0 spiro atoms. The van der Waals surface area contributed by atoms with Crippen molar-refractivity contribution >= 4 is 16.8 Å². The lowest BCUT2D eigenvalue weighted by Crippen LogP contribution is -2.37. The summed E-state index contributed by atoms with van der Waals surface area (Å²) in [4.78, 5) is 22.0. The monoisotopic (exact) mass is 312 g/mol. The van der Waals surface area contributed by atoms with Crippen molar-refractivity contribution in [1.29, 1.82) is 0 Å². The van der Waals surface area contributed by atoms with E-state index in [1.807, 2.05) is 24.6 Å². The van der Waals surface area contributed by atoms with Crippen LogP contribution in [-0.4, -0.2) is 31.9 Å². The third kappa shape index (κ3) is 1.98. The molecule has 0 atom stereocenters. The van der Waals surface area contributed by atoms with Gasteiger partial charge in [0, 0.05) is 36.8 Å². The standard InChI is InChI=1S/C17H17FN4O/c1-10-13(20-9-19-10)8-22-7-6-14-15(17(22)23)11-4-3-5-12(18)16(11)21(14)2/h3-5,9H,6-8H2,1-2H3,(H,19,20). The summed E-state index contributed by atoms with van der Waals surface area (Å²) in [6.07, 6.45) is 2.35. The quantitative estimate of drug-likeness (QED) is 0.790. The molecule has 0 fully saturated rings. The molecule has 118 valence electrons. The van der Waals surface area contributed by atoms with Gasteiger partial charge in [0.15, 0.2) is 0 Å². The second kappa shape index (κ2) is 4.94. The van der Waals surface area contributed by atoms with Crippen LogP contribution < -0.4 is 0 Å². The Labute approximate surface area is 132 Å². The largest absolute Gasteiger partial charge is 0.348 e. The van der Waals surface area contributed by atoms with Crippen molar-refractivity contribution in [2.75, 3.05) is 6.54 Å². The molecule has 0 aliphatic carbocycles. The molecule has 0 saturated heterocycles. The fourth-order valence-corrected chi connectivity index (χ4v) is 3.43. The van der Waals surface area contributed by atoms with E-state index in [0.717, 1.165) is 23.5 Å². The second-order valence-corrected chi connectivity index (χ2v) is 5.97. The van der Waals surface area contributed by atoms with Gasteiger partial charge >= 0.3 is 0 Å². The van der Waals surface area contributed by atoms with Crippen molar-refractivity contribution < 1.29 is 9.18 Å². The van der Waals surface area contributed by atoms with Gasteiger partial charge in [0.25, 0.3) is 5.91 Å². The van der Waals surface area contributed by atoms with Crippen molar-refractivity contribution in [3.05, 3.63) is 53.0 Å². The highest BCUT2D eigenvalue weighted by molar-refractivity contribution is 6.09. The molecule has 23 heavy (non-hydrogen) atoms. The van der Waals surface area contributed by atoms with E-state index in [1.165, 1.54) is 6.07 Å². The predicted molar refractivity (Wildman–Crippen MR) is 84.6 cm³/mol. The molecule has 3 heterocycles. The Morgan fingerprint density at radius 2 is 2.22 bits per heavy atom. The Balaban J connectivity index is 1.80. The van der Waals surface area contributed by atoms with Gasteiger partial charge in [0.05, 0.1) is 29.6 Å². The highest BCUT2D eigenvalue weighted by Gasteiger charge is 2.31. The minimum absolute atomic E-state index is 0.0511. The number of imidazole rings is 1. The summed E-state index contributed by atoms with van der Waals surface area (Å²) in [6.45, 7) is 3.03. The van der Waals surface area contributed by atoms with Gasteiger partial charge in [-0.1, -0.05) is 12.1 Å². The zero-order valence-corrected chi connectivity index (χ0v) is 13.1. The van der Waals surface area contributed by atoms with E-state index in [2.05, 4.69) is 9.97 Å². The van der Waals surface area contributed by atoms with Gasteiger partial charge in [-0.15, -0.1) is 0 Å². The zero-order valence-electron chi connectivity index (χ0n) is 13.1. The van der Waals surface area contributed by atoms with Gasteiger partial charge in [-0.3, -0.25) is 4.79 Å². The van der Waals surface area contributed by atoms with Crippen LogP contribution >= 0.6 is 0 Å². The second-order valence-electron chi connectivity index (χ2n) is 5.97. The summed E-state index contributed by atoms with van der Waals surface area (Å²) in [5.74, 6) is -0.341. The van der Waals surface area contributed by atoms with E-state index >= 15 is 0 Å². The van der Waals surface area contributed by atoms with Crippen molar-refractivity contribution in [2.45, 2.75) is 19.9 Å². The molecular formula is C17H17FN4O. The number of carbonyl (C=O) groups is 1. The molecule has 1 amide bonds. The molecular weight excluding hydrogens is 295 g/mol. The maximum atomic E-state index is 14.2. The molecule has 5 nitrogen and oxygen atoms in total. The summed E-state index contributed by atoms with van der Waals surface area (Å²) >= 11 is 0. The highest BCUT2D eigenvalue weighted by Crippen LogP contribution is 2.32. The van der Waals surface area contributed by atoms with E-state index < -0.39 is 0 Å². The maximum absolute atomic E-state index is 14.2. The summed E-state index contributed by atoms with van der Waals surface area (Å²) in [5.41, 5.74) is 3.87. The highest BCUT2D eigenvalue weighted by atomic mass is 19.1. The number of aromatic nitrogens is 3. The first-order valence-electron chi connectivity index (χ1n) is 7.62. The molecule has 0 saturated carbocycles. The van der Waals surface area contributed by atoms with Gasteiger partial charge < -0.3 is 14.5 Å². The Morgan fingerprint density at radius 1 is 1.39 bits per heavy atom. The van der Waals surface area contributed by atoms with Crippen LogP contribution in [0.25, 0.3) is 10.9 Å². The molecule has 0 unspecified atom stereocenters. The number of halogens is 1. The number of aryl methyl sites for hydroxylation is 2. The number of para-hydroxylation sites is 1. The number of amides is 1. The number of aromatic amines is 1. The molecule has 2 aromatic heterocycles. The van der Waals surface area contributed by atoms with E-state index in [9.17, 15) is 9.18 Å². The Kier molecular flexibility index (Phi) is 3.01. The number of hydrogen-bond acceptors (Lipinski definition) is 2. The van der Waals surface area contributed by atoms with Gasteiger partial charge in [0.1, 0.15) is 5.82 Å². The van der Waals surface area contributed by atoms with Crippen molar-refractivity contribution in [2.24, 2.45) is 7.05 Å². The number of H-pyrrole nitrogens is 1. The SMILES string of the molecule is Cc1[nH]cnc1CN1CCc2c(c3cccc(F)c3n2C)C1=O. The van der Waals surface area contributed by atoms with Crippen LogP contribution in [0, 0.1) is 12.7 Å². The molecule has 1 aliphatic rings. The molecule has 3 aromatic rings. The van der Waals surface area contributed by atoms with Gasteiger partial charge in [-0.25, -0.2) is 9.37 Å². The van der Waals surface area contributed by atoms with E-state index in [0.29, 0.717) is 29.6 Å². The van der Waals surface area contributed by atoms with Crippen molar-refractivity contribution in [1.82, 2.24) is 19.4 Å². The normalized spacial score (nSPS) is 14.6.